The van der Waals surface area contributed by atoms with Gasteiger partial charge >= 0.3 is 0 Å². The van der Waals surface area contributed by atoms with Crippen LogP contribution in [0.1, 0.15) is 17.3 Å². The third kappa shape index (κ3) is 3.14. The van der Waals surface area contributed by atoms with E-state index in [4.69, 9.17) is 15.2 Å². The van der Waals surface area contributed by atoms with Crippen LogP contribution in [0.3, 0.4) is 0 Å². The van der Waals surface area contributed by atoms with E-state index in [1.165, 1.54) is 7.11 Å². The van der Waals surface area contributed by atoms with Crippen LogP contribution in [0, 0.1) is 11.8 Å². The van der Waals surface area contributed by atoms with Gasteiger partial charge in [0.2, 0.25) is 11.8 Å². The number of hydrogen-bond acceptors (Lipinski definition) is 5. The summed E-state index contributed by atoms with van der Waals surface area (Å²) in [6.45, 7) is 1.29. The van der Waals surface area contributed by atoms with E-state index < -0.39 is 18.5 Å². The van der Waals surface area contributed by atoms with Crippen molar-refractivity contribution in [2.24, 2.45) is 17.6 Å². The van der Waals surface area contributed by atoms with Crippen LogP contribution in [0.2, 0.25) is 0 Å². The van der Waals surface area contributed by atoms with Gasteiger partial charge in [0.15, 0.2) is 0 Å². The van der Waals surface area contributed by atoms with Gasteiger partial charge in [0.1, 0.15) is 19.0 Å². The summed E-state index contributed by atoms with van der Waals surface area (Å²) in [6.07, 6.45) is 1.55. The average molecular weight is 361 g/mol. The average Bonchev–Trinajstić information content (AvgIpc) is 2.91. The summed E-state index contributed by atoms with van der Waals surface area (Å²) in [5.41, 5.74) is 5.64. The monoisotopic (exact) mass is 361 g/mol. The molecule has 1 aromatic heterocycles. The minimum atomic E-state index is -0.691. The van der Waals surface area contributed by atoms with E-state index >= 15 is 0 Å². The Bertz CT molecular complexity index is 858. The molecular weight excluding hydrogens is 341 g/mol. The van der Waals surface area contributed by atoms with Crippen molar-refractivity contribution in [2.75, 3.05) is 20.4 Å². The maximum atomic E-state index is 13.0. The Morgan fingerprint density at radius 2 is 2.19 bits per heavy atom. The number of benzene rings is 1. The van der Waals surface area contributed by atoms with Gasteiger partial charge in [-0.25, -0.2) is 4.98 Å². The Balaban J connectivity index is 1.87. The van der Waals surface area contributed by atoms with Gasteiger partial charge in [0, 0.05) is 11.6 Å². The van der Waals surface area contributed by atoms with Crippen molar-refractivity contribution in [2.45, 2.75) is 13.0 Å². The van der Waals surface area contributed by atoms with Gasteiger partial charge in [0.05, 0.1) is 24.6 Å². The second kappa shape index (κ2) is 7.15. The highest BCUT2D eigenvalue weighted by Crippen LogP contribution is 2.31. The lowest BCUT2D eigenvalue weighted by Gasteiger charge is -2.18. The zero-order valence-electron chi connectivity index (χ0n) is 14.5. The van der Waals surface area contributed by atoms with Crippen LogP contribution in [0.15, 0.2) is 24.4 Å². The van der Waals surface area contributed by atoms with Gasteiger partial charge in [-0.05, 0) is 29.5 Å². The van der Waals surface area contributed by atoms with Gasteiger partial charge in [0.25, 0.3) is 5.91 Å². The summed E-state index contributed by atoms with van der Waals surface area (Å²) in [4.78, 5) is 27.5. The number of amides is 2. The lowest BCUT2D eigenvalue weighted by atomic mass is 9.94. The maximum absolute atomic E-state index is 13.0. The van der Waals surface area contributed by atoms with E-state index in [0.29, 0.717) is 17.0 Å². The molecule has 1 fully saturated rings. The first-order valence-electron chi connectivity index (χ1n) is 8.22. The molecule has 138 valence electrons. The summed E-state index contributed by atoms with van der Waals surface area (Å²) < 4.78 is 24.0. The number of carbonyl (C=O) groups excluding carboxylic acids is 2. The number of hydrogen-bond donors (Lipinski definition) is 2. The van der Waals surface area contributed by atoms with Gasteiger partial charge in [-0.2, -0.15) is 0 Å². The van der Waals surface area contributed by atoms with Crippen molar-refractivity contribution in [3.05, 3.63) is 30.0 Å². The molecule has 2 aromatic rings. The van der Waals surface area contributed by atoms with Gasteiger partial charge < -0.3 is 20.5 Å². The van der Waals surface area contributed by atoms with Crippen molar-refractivity contribution >= 4 is 22.6 Å². The number of aromatic nitrogens is 1. The van der Waals surface area contributed by atoms with E-state index in [1.54, 1.807) is 24.4 Å². The van der Waals surface area contributed by atoms with E-state index in [2.05, 4.69) is 10.3 Å². The summed E-state index contributed by atoms with van der Waals surface area (Å²) in [5, 5.41) is 4.12. The lowest BCUT2D eigenvalue weighted by molar-refractivity contribution is -0.123. The number of alkyl halides is 1. The van der Waals surface area contributed by atoms with Crippen LogP contribution in [-0.4, -0.2) is 43.2 Å². The molecule has 0 saturated carbocycles. The van der Waals surface area contributed by atoms with Crippen molar-refractivity contribution in [1.82, 2.24) is 10.3 Å². The van der Waals surface area contributed by atoms with Crippen LogP contribution in [-0.2, 0) is 4.79 Å². The number of rotatable bonds is 6. The number of primary amides is 1. The van der Waals surface area contributed by atoms with E-state index in [-0.39, 0.29) is 30.0 Å². The van der Waals surface area contributed by atoms with Crippen molar-refractivity contribution in [1.29, 1.82) is 0 Å². The minimum absolute atomic E-state index is 0.162. The van der Waals surface area contributed by atoms with Crippen molar-refractivity contribution in [3.8, 4) is 11.6 Å². The third-order valence-electron chi connectivity index (χ3n) is 4.81. The summed E-state index contributed by atoms with van der Waals surface area (Å²) >= 11 is 0. The fourth-order valence-electron chi connectivity index (χ4n) is 3.16. The number of nitrogens with one attached hydrogen (secondary N) is 1. The Morgan fingerprint density at radius 3 is 2.81 bits per heavy atom. The number of fused-ring (bicyclic) bond motifs is 1. The molecule has 3 rings (SSSR count). The number of halogens is 1. The topological polar surface area (TPSA) is 104 Å². The number of pyridine rings is 1. The molecule has 3 atom stereocenters. The van der Waals surface area contributed by atoms with Gasteiger partial charge in [-0.1, -0.05) is 6.92 Å². The molecule has 1 aromatic carbocycles. The Morgan fingerprint density at radius 1 is 1.42 bits per heavy atom. The summed E-state index contributed by atoms with van der Waals surface area (Å²) in [7, 11) is 1.44. The number of nitrogens with zero attached hydrogens (tertiary/aromatic N) is 1. The SMILES string of the molecule is COc1cc2c(OC[C@H]3NC(=O)[C@H](CF)[C@@H]3C)nccc2cc1C(N)=O. The minimum Gasteiger partial charge on any atom is -0.496 e. The predicted octanol–water partition coefficient (Wildman–Crippen LogP) is 1.44. The summed E-state index contributed by atoms with van der Waals surface area (Å²) in [6, 6.07) is 4.68. The largest absolute Gasteiger partial charge is 0.496 e. The van der Waals surface area contributed by atoms with Crippen LogP contribution in [0.5, 0.6) is 11.6 Å². The molecule has 2 heterocycles. The molecular formula is C18H20FN3O4. The Labute approximate surface area is 149 Å². The number of methoxy groups -OCH3 is 1. The van der Waals surface area contributed by atoms with Crippen LogP contribution in [0.25, 0.3) is 10.8 Å². The zero-order valence-corrected chi connectivity index (χ0v) is 14.5. The Kier molecular flexibility index (Phi) is 4.92. The molecule has 26 heavy (non-hydrogen) atoms. The fraction of sp³-hybridized carbons (Fsp3) is 0.389. The molecule has 0 spiro atoms. The Hall–Kier alpha value is -2.90. The molecule has 3 N–H and O–H groups in total. The van der Waals surface area contributed by atoms with Gasteiger partial charge in [-0.15, -0.1) is 0 Å². The highest BCUT2D eigenvalue weighted by molar-refractivity contribution is 6.01. The van der Waals surface area contributed by atoms with E-state index in [9.17, 15) is 14.0 Å². The lowest BCUT2D eigenvalue weighted by Crippen LogP contribution is -2.34. The molecule has 2 amide bonds. The smallest absolute Gasteiger partial charge is 0.252 e. The first-order valence-corrected chi connectivity index (χ1v) is 8.22. The third-order valence-corrected chi connectivity index (χ3v) is 4.81. The van der Waals surface area contributed by atoms with Crippen LogP contribution >= 0.6 is 0 Å². The quantitative estimate of drug-likeness (QED) is 0.810. The number of carbonyl (C=O) groups is 2. The zero-order chi connectivity index (χ0) is 18.8. The summed E-state index contributed by atoms with van der Waals surface area (Å²) in [5.74, 6) is -1.07. The highest BCUT2D eigenvalue weighted by Gasteiger charge is 2.39. The molecule has 0 aliphatic carbocycles. The second-order valence-electron chi connectivity index (χ2n) is 6.30. The normalized spacial score (nSPS) is 22.3. The maximum Gasteiger partial charge on any atom is 0.252 e. The van der Waals surface area contributed by atoms with Crippen LogP contribution in [0.4, 0.5) is 4.39 Å². The number of nitrogens with two attached hydrogens (primary N) is 1. The number of ether oxygens (including phenoxy) is 2. The highest BCUT2D eigenvalue weighted by atomic mass is 19.1. The first kappa shape index (κ1) is 17.9. The van der Waals surface area contributed by atoms with Crippen molar-refractivity contribution < 1.29 is 23.5 Å². The van der Waals surface area contributed by atoms with Gasteiger partial charge in [-0.3, -0.25) is 14.0 Å². The molecule has 0 unspecified atom stereocenters. The van der Waals surface area contributed by atoms with E-state index in [1.807, 2.05) is 6.92 Å². The van der Waals surface area contributed by atoms with Crippen molar-refractivity contribution in [3.63, 3.8) is 0 Å². The first-order chi connectivity index (χ1) is 12.5. The van der Waals surface area contributed by atoms with Crippen LogP contribution < -0.4 is 20.5 Å². The fourth-order valence-corrected chi connectivity index (χ4v) is 3.16. The molecule has 7 nitrogen and oxygen atoms in total. The molecule has 0 radical (unpaired) electrons. The predicted molar refractivity (Wildman–Crippen MR) is 92.9 cm³/mol. The standard InChI is InChI=1S/C18H20FN3O4/c1-9-13(7-19)17(24)22-14(9)8-26-18-11-6-15(25-2)12(16(20)23)5-10(11)3-4-21-18/h3-6,9,13-14H,7-8H2,1-2H3,(H2,20,23)(H,22,24)/t9-,13+,14+/m0/s1. The molecule has 1 aliphatic heterocycles. The second-order valence-corrected chi connectivity index (χ2v) is 6.30. The molecule has 1 aliphatic rings. The molecule has 8 heteroatoms. The molecule has 0 bridgehead atoms. The van der Waals surface area contributed by atoms with E-state index in [0.717, 1.165) is 5.39 Å². The molecule has 1 saturated heterocycles.